The minimum Gasteiger partial charge on any atom is -0.491 e. The number of halogens is 3. The van der Waals surface area contributed by atoms with Crippen LogP contribution in [0.5, 0.6) is 5.75 Å². The molecule has 0 radical (unpaired) electrons. The molecule has 0 aliphatic rings. The van der Waals surface area contributed by atoms with Gasteiger partial charge in [0.05, 0.1) is 26.2 Å². The van der Waals surface area contributed by atoms with Crippen LogP contribution in [-0.4, -0.2) is 35.5 Å². The molecule has 0 atom stereocenters. The monoisotopic (exact) mass is 468 g/mol. The molecule has 0 fully saturated rings. The summed E-state index contributed by atoms with van der Waals surface area (Å²) in [4.78, 5) is -0.0681. The lowest BCUT2D eigenvalue weighted by molar-refractivity contribution is 0.313. The van der Waals surface area contributed by atoms with Crippen molar-refractivity contribution >= 4 is 61.4 Å². The maximum absolute atomic E-state index is 11.2. The molecule has 0 amide bonds. The highest BCUT2D eigenvalue weighted by Crippen LogP contribution is 2.36. The lowest BCUT2D eigenvalue weighted by atomic mass is 10.3. The third-order valence-corrected chi connectivity index (χ3v) is 5.70. The van der Waals surface area contributed by atoms with E-state index in [1.54, 1.807) is 0 Å². The van der Waals surface area contributed by atoms with Gasteiger partial charge in [0.1, 0.15) is 15.6 Å². The second-order valence-electron chi connectivity index (χ2n) is 3.99. The summed E-state index contributed by atoms with van der Waals surface area (Å²) in [7, 11) is -1.60. The zero-order chi connectivity index (χ0) is 15.6. The first kappa shape index (κ1) is 18.2. The van der Waals surface area contributed by atoms with E-state index in [1.807, 2.05) is 0 Å². The van der Waals surface area contributed by atoms with Crippen LogP contribution in [0.2, 0.25) is 0 Å². The number of benzene rings is 1. The molecule has 5 nitrogen and oxygen atoms in total. The van der Waals surface area contributed by atoms with E-state index in [0.717, 1.165) is 6.26 Å². The molecule has 0 saturated carbocycles. The number of sulfone groups is 1. The lowest BCUT2D eigenvalue weighted by Gasteiger charge is -2.11. The van der Waals surface area contributed by atoms with Crippen molar-refractivity contribution < 1.29 is 21.6 Å². The third kappa shape index (κ3) is 5.88. The van der Waals surface area contributed by atoms with E-state index in [1.165, 1.54) is 12.1 Å². The third-order valence-electron chi connectivity index (χ3n) is 2.16. The summed E-state index contributed by atoms with van der Waals surface area (Å²) in [6.07, 6.45) is 1.49. The molecule has 0 aliphatic carbocycles. The normalized spacial score (nSPS) is 12.4. The molecule has 1 rings (SSSR count). The molecule has 0 aliphatic heterocycles. The quantitative estimate of drug-likeness (QED) is 0.472. The Morgan fingerprint density at radius 2 is 1.65 bits per heavy atom. The van der Waals surface area contributed by atoms with Crippen molar-refractivity contribution in [3.63, 3.8) is 0 Å². The fraction of sp³-hybridized carbons (Fsp3) is 0.400. The maximum Gasteiger partial charge on any atom is 0.261 e. The molecule has 114 valence electrons. The van der Waals surface area contributed by atoms with E-state index >= 15 is 0 Å². The molecule has 10 heteroatoms. The fourth-order valence-electron chi connectivity index (χ4n) is 1.31. The Morgan fingerprint density at radius 3 is 2.05 bits per heavy atom. The van der Waals surface area contributed by atoms with Gasteiger partial charge in [-0.3, -0.25) is 0 Å². The van der Waals surface area contributed by atoms with E-state index in [9.17, 15) is 16.8 Å². The average Bonchev–Trinajstić information content (AvgIpc) is 2.23. The molecule has 0 spiro atoms. The smallest absolute Gasteiger partial charge is 0.261 e. The van der Waals surface area contributed by atoms with Crippen molar-refractivity contribution in [1.29, 1.82) is 0 Å². The minimum atomic E-state index is -3.83. The number of ether oxygens (including phenoxy) is 1. The van der Waals surface area contributed by atoms with Crippen molar-refractivity contribution in [2.24, 2.45) is 0 Å². The van der Waals surface area contributed by atoms with E-state index < -0.39 is 18.9 Å². The number of hydrogen-bond donors (Lipinski definition) is 0. The van der Waals surface area contributed by atoms with Gasteiger partial charge in [-0.15, -0.1) is 0 Å². The lowest BCUT2D eigenvalue weighted by Crippen LogP contribution is -2.08. The van der Waals surface area contributed by atoms with Gasteiger partial charge in [-0.05, 0) is 50.4 Å². The molecule has 0 unspecified atom stereocenters. The molecule has 0 N–H and O–H groups in total. The Hall–Kier alpha value is 0.170. The van der Waals surface area contributed by atoms with Crippen molar-refractivity contribution in [2.75, 3.05) is 18.6 Å². The van der Waals surface area contributed by atoms with Crippen LogP contribution in [0.1, 0.15) is 6.42 Å². The second-order valence-corrected chi connectivity index (χ2v) is 10.5. The molecule has 20 heavy (non-hydrogen) atoms. The van der Waals surface area contributed by atoms with Crippen molar-refractivity contribution in [3.8, 4) is 5.75 Å². The van der Waals surface area contributed by atoms with Gasteiger partial charge < -0.3 is 4.74 Å². The first-order valence-electron chi connectivity index (χ1n) is 5.25. The van der Waals surface area contributed by atoms with Gasteiger partial charge in [0.15, 0.2) is 0 Å². The van der Waals surface area contributed by atoms with Crippen LogP contribution < -0.4 is 4.74 Å². The summed E-state index contributed by atoms with van der Waals surface area (Å²) >= 11 is 6.37. The molecule has 0 heterocycles. The summed E-state index contributed by atoms with van der Waals surface area (Å²) in [6, 6.07) is 2.64. The molecule has 0 bridgehead atoms. The summed E-state index contributed by atoms with van der Waals surface area (Å²) in [5.74, 6) is 0.415. The Kier molecular flexibility index (Phi) is 6.33. The van der Waals surface area contributed by atoms with Crippen LogP contribution in [0.25, 0.3) is 0 Å². The Labute approximate surface area is 139 Å². The van der Waals surface area contributed by atoms with Gasteiger partial charge in [0.25, 0.3) is 9.05 Å². The van der Waals surface area contributed by atoms with Crippen LogP contribution in [-0.2, 0) is 18.9 Å². The van der Waals surface area contributed by atoms with Gasteiger partial charge in [0.2, 0.25) is 0 Å². The van der Waals surface area contributed by atoms with Crippen molar-refractivity contribution in [1.82, 2.24) is 0 Å². The molecular weight excluding hydrogens is 460 g/mol. The van der Waals surface area contributed by atoms with Crippen LogP contribution in [0.15, 0.2) is 26.0 Å². The van der Waals surface area contributed by atoms with Crippen LogP contribution in [0.4, 0.5) is 0 Å². The SMILES string of the molecule is CS(=O)(=O)CCCOc1c(Br)cc(S(=O)(=O)Cl)cc1Br. The van der Waals surface area contributed by atoms with E-state index in [4.69, 9.17) is 15.4 Å². The van der Waals surface area contributed by atoms with E-state index in [0.29, 0.717) is 21.1 Å². The first-order valence-corrected chi connectivity index (χ1v) is 11.2. The topological polar surface area (TPSA) is 77.5 Å². The highest BCUT2D eigenvalue weighted by atomic mass is 79.9. The van der Waals surface area contributed by atoms with Gasteiger partial charge >= 0.3 is 0 Å². The Bertz CT molecular complexity index is 677. The molecular formula is C10H11Br2ClO5S2. The summed E-state index contributed by atoms with van der Waals surface area (Å²) in [5, 5.41) is 0. The van der Waals surface area contributed by atoms with Crippen LogP contribution in [0, 0.1) is 0 Å². The van der Waals surface area contributed by atoms with Gasteiger partial charge in [-0.2, -0.15) is 0 Å². The molecule has 0 aromatic heterocycles. The zero-order valence-corrected chi connectivity index (χ0v) is 15.8. The Morgan fingerprint density at radius 1 is 1.15 bits per heavy atom. The summed E-state index contributed by atoms with van der Waals surface area (Å²) in [6.45, 7) is 0.192. The summed E-state index contributed by atoms with van der Waals surface area (Å²) < 4.78 is 50.7. The molecule has 1 aromatic carbocycles. The number of rotatable bonds is 6. The van der Waals surface area contributed by atoms with E-state index in [-0.39, 0.29) is 17.3 Å². The first-order chi connectivity index (χ1) is 9.00. The van der Waals surface area contributed by atoms with Crippen LogP contribution in [0.3, 0.4) is 0 Å². The molecule has 0 saturated heterocycles. The average molecular weight is 471 g/mol. The van der Waals surface area contributed by atoms with Gasteiger partial charge in [-0.25, -0.2) is 16.8 Å². The Balaban J connectivity index is 2.83. The van der Waals surface area contributed by atoms with E-state index in [2.05, 4.69) is 31.9 Å². The predicted molar refractivity (Wildman–Crippen MR) is 84.7 cm³/mol. The second kappa shape index (κ2) is 6.95. The highest BCUT2D eigenvalue weighted by Gasteiger charge is 2.16. The van der Waals surface area contributed by atoms with Crippen molar-refractivity contribution in [2.45, 2.75) is 11.3 Å². The van der Waals surface area contributed by atoms with Crippen LogP contribution >= 0.6 is 42.5 Å². The molecule has 1 aromatic rings. The minimum absolute atomic E-state index is 0.0242. The zero-order valence-electron chi connectivity index (χ0n) is 10.3. The fourth-order valence-corrected chi connectivity index (χ4v) is 4.46. The highest BCUT2D eigenvalue weighted by molar-refractivity contribution is 9.11. The van der Waals surface area contributed by atoms with Gasteiger partial charge in [-0.1, -0.05) is 0 Å². The predicted octanol–water partition coefficient (Wildman–Crippen LogP) is 2.95. The largest absolute Gasteiger partial charge is 0.491 e. The standard InChI is InChI=1S/C10H11Br2ClO5S2/c1-19(14,15)4-2-3-18-10-8(11)5-7(6-9(10)12)20(13,16)17/h5-6H,2-4H2,1H3. The van der Waals surface area contributed by atoms with Crippen molar-refractivity contribution in [3.05, 3.63) is 21.1 Å². The van der Waals surface area contributed by atoms with Gasteiger partial charge in [0, 0.05) is 16.9 Å². The maximum atomic E-state index is 11.2. The number of hydrogen-bond acceptors (Lipinski definition) is 5. The summed E-state index contributed by atoms with van der Waals surface area (Å²) in [5.41, 5.74) is 0.